The van der Waals surface area contributed by atoms with Crippen LogP contribution in [-0.4, -0.2) is 62.6 Å². The fourth-order valence-electron chi connectivity index (χ4n) is 7.45. The van der Waals surface area contributed by atoms with Gasteiger partial charge in [0.25, 0.3) is 0 Å². The Kier molecular flexibility index (Phi) is 13.7. The first kappa shape index (κ1) is 43.4. The number of thioether (sulfide) groups is 1. The van der Waals surface area contributed by atoms with Crippen molar-refractivity contribution >= 4 is 27.7 Å². The van der Waals surface area contributed by atoms with Crippen molar-refractivity contribution in [3.8, 4) is 11.4 Å². The summed E-state index contributed by atoms with van der Waals surface area (Å²) < 4.78 is 44.9. The van der Waals surface area contributed by atoms with Gasteiger partial charge in [0.05, 0.1) is 29.4 Å². The van der Waals surface area contributed by atoms with Crippen molar-refractivity contribution in [3.63, 3.8) is 0 Å². The number of nitrogens with one attached hydrogen (secondary N) is 2. The Bertz CT molecular complexity index is 2690. The van der Waals surface area contributed by atoms with E-state index in [1.165, 1.54) is 23.9 Å². The molecule has 1 aromatic heterocycles. The minimum Gasteiger partial charge on any atom is -0.508 e. The maximum absolute atomic E-state index is 13.7. The van der Waals surface area contributed by atoms with Crippen molar-refractivity contribution in [2.75, 3.05) is 5.75 Å². The molecule has 1 aliphatic heterocycles. The second-order valence-corrected chi connectivity index (χ2v) is 17.9. The van der Waals surface area contributed by atoms with Crippen LogP contribution in [0.25, 0.3) is 5.69 Å². The molecule has 1 amide bonds. The number of aromatic nitrogens is 4. The third-order valence-electron chi connectivity index (χ3n) is 10.8. The molecule has 322 valence electrons. The number of phenols is 1. The van der Waals surface area contributed by atoms with Gasteiger partial charge in [-0.15, -0.1) is 5.10 Å². The summed E-state index contributed by atoms with van der Waals surface area (Å²) in [6, 6.07) is 46.7. The van der Waals surface area contributed by atoms with Crippen molar-refractivity contribution < 1.29 is 32.9 Å². The average Bonchev–Trinajstić information content (AvgIpc) is 3.79. The normalized spacial score (nSPS) is 18.1. The molecule has 15 heteroatoms. The number of hydrogen-bond acceptors (Lipinski definition) is 11. The third-order valence-corrected chi connectivity index (χ3v) is 13.3. The lowest BCUT2D eigenvalue weighted by atomic mass is 9.84. The lowest BCUT2D eigenvalue weighted by molar-refractivity contribution is -0.255. The van der Waals surface area contributed by atoms with E-state index < -0.39 is 40.5 Å². The Morgan fingerprint density at radius 2 is 1.41 bits per heavy atom. The number of amides is 1. The van der Waals surface area contributed by atoms with Crippen molar-refractivity contribution in [1.29, 1.82) is 0 Å². The maximum Gasteiger partial charge on any atom is 0.241 e. The van der Waals surface area contributed by atoms with Crippen LogP contribution in [0.2, 0.25) is 0 Å². The van der Waals surface area contributed by atoms with Crippen LogP contribution in [0.5, 0.6) is 5.75 Å². The van der Waals surface area contributed by atoms with Gasteiger partial charge in [-0.2, -0.15) is 9.40 Å². The zero-order valence-electron chi connectivity index (χ0n) is 34.3. The first-order valence-electron chi connectivity index (χ1n) is 20.4. The first-order chi connectivity index (χ1) is 30.6. The highest BCUT2D eigenvalue weighted by Gasteiger charge is 2.42. The standard InChI is InChI=1S/C48H46N6O7S2/c1-32-12-26-41(27-13-32)63(58,59)51-42(28-33-8-4-2-5-9-33)46(57)49-29-34-14-20-38(21-15-34)47-60-43(31-62-48-50-52-53-54(48)39-22-24-40(56)25-23-39)44(36-10-6-3-7-11-36)45(61-47)37-18-16-35(30-55)17-19-37/h2-27,42-45,47,51,55-56H,28-31H2,1H3,(H,49,57)/t42-,43-,44-,45+,47?/m1/s1. The number of hydrogen-bond donors (Lipinski definition) is 4. The summed E-state index contributed by atoms with van der Waals surface area (Å²) in [7, 11) is -4.00. The van der Waals surface area contributed by atoms with Gasteiger partial charge < -0.3 is 25.0 Å². The SMILES string of the molecule is Cc1ccc(S(=O)(=O)N[C@H](Cc2ccccc2)C(=O)NCc2ccc(C3O[C@H](CSc4nnnn4-c4ccc(O)cc4)[C@@H](c4ccccc4)[C@H](c4ccc(CO)cc4)O3)cc2)cc1. The van der Waals surface area contributed by atoms with E-state index in [4.69, 9.17) is 9.47 Å². The Labute approximate surface area is 370 Å². The number of sulfonamides is 1. The lowest BCUT2D eigenvalue weighted by Crippen LogP contribution is -2.47. The number of aromatic hydroxyl groups is 1. The quantitative estimate of drug-likeness (QED) is 0.0728. The van der Waals surface area contributed by atoms with Crippen LogP contribution in [0, 0.1) is 6.92 Å². The number of ether oxygens (including phenoxy) is 2. The Morgan fingerprint density at radius 1 is 0.762 bits per heavy atom. The van der Waals surface area contributed by atoms with E-state index >= 15 is 0 Å². The first-order valence-corrected chi connectivity index (χ1v) is 22.9. The molecule has 0 saturated carbocycles. The van der Waals surface area contributed by atoms with Crippen LogP contribution >= 0.6 is 11.8 Å². The van der Waals surface area contributed by atoms with Gasteiger partial charge in [-0.3, -0.25) is 4.79 Å². The predicted octanol–water partition coefficient (Wildman–Crippen LogP) is 7.11. The summed E-state index contributed by atoms with van der Waals surface area (Å²) in [6.07, 6.45) is -1.50. The molecule has 0 spiro atoms. The highest BCUT2D eigenvalue weighted by atomic mass is 32.2. The molecule has 1 unspecified atom stereocenters. The molecule has 7 aromatic rings. The number of phenolic OH excluding ortho intramolecular Hbond substituents is 1. The maximum atomic E-state index is 13.7. The summed E-state index contributed by atoms with van der Waals surface area (Å²) >= 11 is 1.44. The van der Waals surface area contributed by atoms with Crippen LogP contribution in [0.4, 0.5) is 0 Å². The molecule has 5 atom stereocenters. The highest BCUT2D eigenvalue weighted by molar-refractivity contribution is 7.99. The number of rotatable bonds is 16. The highest BCUT2D eigenvalue weighted by Crippen LogP contribution is 2.48. The van der Waals surface area contributed by atoms with Crippen LogP contribution in [-0.2, 0) is 43.9 Å². The second kappa shape index (κ2) is 19.9. The molecule has 6 aromatic carbocycles. The van der Waals surface area contributed by atoms with E-state index in [0.29, 0.717) is 16.6 Å². The molecule has 63 heavy (non-hydrogen) atoms. The average molecular weight is 883 g/mol. The van der Waals surface area contributed by atoms with Gasteiger partial charge in [-0.05, 0) is 88.0 Å². The molecule has 1 saturated heterocycles. The monoisotopic (exact) mass is 882 g/mol. The number of nitrogens with zero attached hydrogens (tertiary/aromatic N) is 4. The minimum absolute atomic E-state index is 0.0800. The molecule has 2 heterocycles. The van der Waals surface area contributed by atoms with E-state index in [1.54, 1.807) is 41.1 Å². The van der Waals surface area contributed by atoms with Gasteiger partial charge in [-0.25, -0.2) is 8.42 Å². The van der Waals surface area contributed by atoms with Gasteiger partial charge in [0.15, 0.2) is 6.29 Å². The lowest BCUT2D eigenvalue weighted by Gasteiger charge is -2.43. The third kappa shape index (κ3) is 10.7. The molecule has 8 rings (SSSR count). The second-order valence-electron chi connectivity index (χ2n) is 15.2. The van der Waals surface area contributed by atoms with Crippen LogP contribution in [0.1, 0.15) is 57.3 Å². The molecule has 0 bridgehead atoms. The fraction of sp³-hybridized carbons (Fsp3) is 0.208. The van der Waals surface area contributed by atoms with Gasteiger partial charge in [0.1, 0.15) is 11.8 Å². The number of carbonyl (C=O) groups is 1. The molecule has 4 N–H and O–H groups in total. The van der Waals surface area contributed by atoms with Gasteiger partial charge in [-0.1, -0.05) is 139 Å². The van der Waals surface area contributed by atoms with Gasteiger partial charge in [0, 0.05) is 23.8 Å². The number of tetrazole rings is 1. The summed E-state index contributed by atoms with van der Waals surface area (Å²) in [5.41, 5.74) is 6.69. The molecule has 0 radical (unpaired) electrons. The summed E-state index contributed by atoms with van der Waals surface area (Å²) in [5, 5.41) is 35.6. The van der Waals surface area contributed by atoms with E-state index in [-0.39, 0.29) is 36.1 Å². The fourth-order valence-corrected chi connectivity index (χ4v) is 9.60. The van der Waals surface area contributed by atoms with Crippen LogP contribution in [0.3, 0.4) is 0 Å². The van der Waals surface area contributed by atoms with Crippen molar-refractivity contribution in [3.05, 3.63) is 197 Å². The summed E-state index contributed by atoms with van der Waals surface area (Å²) in [6.45, 7) is 1.94. The predicted molar refractivity (Wildman–Crippen MR) is 238 cm³/mol. The molecule has 13 nitrogen and oxygen atoms in total. The van der Waals surface area contributed by atoms with E-state index in [2.05, 4.69) is 37.7 Å². The van der Waals surface area contributed by atoms with Gasteiger partial charge >= 0.3 is 0 Å². The molecule has 1 fully saturated rings. The zero-order valence-corrected chi connectivity index (χ0v) is 35.9. The van der Waals surface area contributed by atoms with Crippen molar-refractivity contribution in [1.82, 2.24) is 30.2 Å². The summed E-state index contributed by atoms with van der Waals surface area (Å²) in [4.78, 5) is 13.8. The Hall–Kier alpha value is -6.20. The number of carbonyl (C=O) groups excluding carboxylic acids is 1. The topological polar surface area (TPSA) is 178 Å². The number of aryl methyl sites for hydroxylation is 1. The minimum atomic E-state index is -4.00. The molecule has 1 aliphatic rings. The zero-order chi connectivity index (χ0) is 43.8. The van der Waals surface area contributed by atoms with E-state index in [0.717, 1.165) is 38.9 Å². The van der Waals surface area contributed by atoms with Gasteiger partial charge in [0.2, 0.25) is 21.1 Å². The van der Waals surface area contributed by atoms with E-state index in [9.17, 15) is 23.4 Å². The largest absolute Gasteiger partial charge is 0.508 e. The van der Waals surface area contributed by atoms with Crippen LogP contribution in [0.15, 0.2) is 168 Å². The molecular weight excluding hydrogens is 837 g/mol. The van der Waals surface area contributed by atoms with Crippen molar-refractivity contribution in [2.24, 2.45) is 0 Å². The number of aliphatic hydroxyl groups is 1. The smallest absolute Gasteiger partial charge is 0.241 e. The van der Waals surface area contributed by atoms with Crippen LogP contribution < -0.4 is 10.0 Å². The summed E-state index contributed by atoms with van der Waals surface area (Å²) in [5.74, 6) is -0.132. The van der Waals surface area contributed by atoms with Crippen molar-refractivity contribution in [2.45, 2.75) is 67.0 Å². The van der Waals surface area contributed by atoms with E-state index in [1.807, 2.05) is 104 Å². The molecular formula is C48H46N6O7S2. The number of benzene rings is 6. The Balaban J connectivity index is 1.03. The molecule has 0 aliphatic carbocycles. The Morgan fingerprint density at radius 3 is 2.10 bits per heavy atom. The number of aliphatic hydroxyl groups excluding tert-OH is 1.